The highest BCUT2D eigenvalue weighted by Gasteiger charge is 2.29. The fourth-order valence-corrected chi connectivity index (χ4v) is 2.80. The fourth-order valence-electron chi connectivity index (χ4n) is 2.80. The molecule has 0 aliphatic rings. The number of aryl methyl sites for hydroxylation is 1. The molecule has 3 amide bonds. The molecule has 1 aromatic carbocycles. The van der Waals surface area contributed by atoms with E-state index < -0.39 is 11.9 Å². The molecular weight excluding hydrogens is 358 g/mol. The molecule has 7 nitrogen and oxygen atoms in total. The number of amides is 3. The van der Waals surface area contributed by atoms with Crippen molar-refractivity contribution in [1.82, 2.24) is 10.2 Å². The summed E-state index contributed by atoms with van der Waals surface area (Å²) in [5.74, 6) is -1.12. The van der Waals surface area contributed by atoms with Crippen molar-refractivity contribution < 1.29 is 18.8 Å². The van der Waals surface area contributed by atoms with E-state index in [1.165, 1.54) is 17.2 Å². The number of para-hydroxylation sites is 1. The van der Waals surface area contributed by atoms with Crippen molar-refractivity contribution in [2.45, 2.75) is 33.2 Å². The summed E-state index contributed by atoms with van der Waals surface area (Å²) < 4.78 is 5.07. The van der Waals surface area contributed by atoms with Crippen LogP contribution in [0.15, 0.2) is 47.1 Å². The van der Waals surface area contributed by atoms with Crippen LogP contribution in [0.2, 0.25) is 0 Å². The highest BCUT2D eigenvalue weighted by molar-refractivity contribution is 5.98. The summed E-state index contributed by atoms with van der Waals surface area (Å²) in [6.07, 6.45) is 2.19. The Bertz CT molecular complexity index is 815. The second-order valence-corrected chi connectivity index (χ2v) is 6.93. The molecule has 0 radical (unpaired) electrons. The van der Waals surface area contributed by atoms with Crippen LogP contribution in [0.3, 0.4) is 0 Å². The van der Waals surface area contributed by atoms with Crippen LogP contribution in [0.1, 0.15) is 36.9 Å². The van der Waals surface area contributed by atoms with E-state index in [9.17, 15) is 14.4 Å². The lowest BCUT2D eigenvalue weighted by atomic mass is 10.0. The van der Waals surface area contributed by atoms with E-state index in [1.54, 1.807) is 13.1 Å². The zero-order valence-corrected chi connectivity index (χ0v) is 16.7. The van der Waals surface area contributed by atoms with Gasteiger partial charge in [0, 0.05) is 12.7 Å². The van der Waals surface area contributed by atoms with Gasteiger partial charge < -0.3 is 20.0 Å². The normalized spacial score (nSPS) is 11.8. The Kier molecular flexibility index (Phi) is 7.37. The minimum Gasteiger partial charge on any atom is -0.459 e. The monoisotopic (exact) mass is 385 g/mol. The first kappa shape index (κ1) is 21.2. The minimum absolute atomic E-state index is 0.114. The Morgan fingerprint density at radius 1 is 1.11 bits per heavy atom. The molecule has 0 aliphatic heterocycles. The van der Waals surface area contributed by atoms with Gasteiger partial charge in [-0.2, -0.15) is 0 Å². The average molecular weight is 385 g/mol. The highest BCUT2D eigenvalue weighted by atomic mass is 16.3. The summed E-state index contributed by atoms with van der Waals surface area (Å²) in [5.41, 5.74) is 1.76. The van der Waals surface area contributed by atoms with Gasteiger partial charge in [-0.3, -0.25) is 14.4 Å². The third-order valence-electron chi connectivity index (χ3n) is 4.39. The van der Waals surface area contributed by atoms with Gasteiger partial charge in [0.1, 0.15) is 6.04 Å². The first-order valence-electron chi connectivity index (χ1n) is 9.30. The number of anilines is 1. The van der Waals surface area contributed by atoms with Gasteiger partial charge in [-0.05, 0) is 36.1 Å². The Morgan fingerprint density at radius 2 is 1.82 bits per heavy atom. The largest absolute Gasteiger partial charge is 0.459 e. The van der Waals surface area contributed by atoms with E-state index >= 15 is 0 Å². The Morgan fingerprint density at radius 3 is 2.43 bits per heavy atom. The van der Waals surface area contributed by atoms with Gasteiger partial charge in [0.2, 0.25) is 11.8 Å². The van der Waals surface area contributed by atoms with Gasteiger partial charge in [0.25, 0.3) is 5.91 Å². The van der Waals surface area contributed by atoms with E-state index in [-0.39, 0.29) is 30.0 Å². The molecule has 2 rings (SSSR count). The molecule has 1 heterocycles. The lowest BCUT2D eigenvalue weighted by Gasteiger charge is -2.26. The molecule has 0 saturated heterocycles. The molecule has 2 aromatic rings. The smallest absolute Gasteiger partial charge is 0.287 e. The SMILES string of the molecule is CCc1ccccc1NC(=O)CN(C)C(=O)C(NC(=O)c1ccco1)C(C)C. The van der Waals surface area contributed by atoms with Gasteiger partial charge in [-0.1, -0.05) is 39.0 Å². The number of rotatable bonds is 8. The zero-order chi connectivity index (χ0) is 20.7. The standard InChI is InChI=1S/C21H27N3O4/c1-5-15-9-6-7-10-16(15)22-18(25)13-24(4)21(27)19(14(2)3)23-20(26)17-11-8-12-28-17/h6-12,14,19H,5,13H2,1-4H3,(H,22,25)(H,23,26). The number of carbonyl (C=O) groups is 3. The van der Waals surface area contributed by atoms with Crippen LogP contribution in [0.5, 0.6) is 0 Å². The molecule has 2 N–H and O–H groups in total. The van der Waals surface area contributed by atoms with Gasteiger partial charge in [-0.15, -0.1) is 0 Å². The van der Waals surface area contributed by atoms with Crippen molar-refractivity contribution in [2.75, 3.05) is 18.9 Å². The molecule has 28 heavy (non-hydrogen) atoms. The summed E-state index contributed by atoms with van der Waals surface area (Å²) >= 11 is 0. The maximum atomic E-state index is 12.8. The molecule has 0 saturated carbocycles. The number of carbonyl (C=O) groups excluding carboxylic acids is 3. The third-order valence-corrected chi connectivity index (χ3v) is 4.39. The van der Waals surface area contributed by atoms with E-state index in [1.807, 2.05) is 45.0 Å². The first-order valence-corrected chi connectivity index (χ1v) is 9.30. The number of hydrogen-bond donors (Lipinski definition) is 2. The topological polar surface area (TPSA) is 91.7 Å². The van der Waals surface area contributed by atoms with Crippen molar-refractivity contribution in [1.29, 1.82) is 0 Å². The molecule has 0 spiro atoms. The molecule has 150 valence electrons. The van der Waals surface area contributed by atoms with Crippen molar-refractivity contribution in [3.8, 4) is 0 Å². The van der Waals surface area contributed by atoms with Crippen LogP contribution in [0.4, 0.5) is 5.69 Å². The van der Waals surface area contributed by atoms with Gasteiger partial charge >= 0.3 is 0 Å². The number of furan rings is 1. The van der Waals surface area contributed by atoms with Crippen LogP contribution < -0.4 is 10.6 Å². The maximum absolute atomic E-state index is 12.8. The van der Waals surface area contributed by atoms with Crippen molar-refractivity contribution >= 4 is 23.4 Å². The van der Waals surface area contributed by atoms with E-state index in [2.05, 4.69) is 10.6 Å². The molecule has 7 heteroatoms. The Hall–Kier alpha value is -3.09. The summed E-state index contributed by atoms with van der Waals surface area (Å²) in [4.78, 5) is 38.7. The number of benzene rings is 1. The molecular formula is C21H27N3O4. The van der Waals surface area contributed by atoms with Crippen molar-refractivity contribution in [3.05, 3.63) is 54.0 Å². The summed E-state index contributed by atoms with van der Waals surface area (Å²) in [5, 5.41) is 5.53. The molecule has 1 atom stereocenters. The lowest BCUT2D eigenvalue weighted by molar-refractivity contribution is -0.135. The minimum atomic E-state index is -0.765. The number of hydrogen-bond acceptors (Lipinski definition) is 4. The molecule has 1 aromatic heterocycles. The Balaban J connectivity index is 2.00. The van der Waals surface area contributed by atoms with Gasteiger partial charge in [-0.25, -0.2) is 0 Å². The molecule has 0 fully saturated rings. The average Bonchev–Trinajstić information content (AvgIpc) is 3.20. The number of nitrogens with zero attached hydrogens (tertiary/aromatic N) is 1. The summed E-state index contributed by atoms with van der Waals surface area (Å²) in [7, 11) is 1.54. The van der Waals surface area contributed by atoms with Crippen molar-refractivity contribution in [2.24, 2.45) is 5.92 Å². The van der Waals surface area contributed by atoms with Gasteiger partial charge in [0.15, 0.2) is 5.76 Å². The summed E-state index contributed by atoms with van der Waals surface area (Å²) in [6, 6.07) is 9.91. The predicted octanol–water partition coefficient (Wildman–Crippen LogP) is 2.69. The second kappa shape index (κ2) is 9.73. The van der Waals surface area contributed by atoms with Gasteiger partial charge in [0.05, 0.1) is 12.8 Å². The lowest BCUT2D eigenvalue weighted by Crippen LogP contribution is -2.51. The van der Waals surface area contributed by atoms with E-state index in [4.69, 9.17) is 4.42 Å². The van der Waals surface area contributed by atoms with E-state index in [0.29, 0.717) is 0 Å². The molecule has 0 aliphatic carbocycles. The molecule has 1 unspecified atom stereocenters. The quantitative estimate of drug-likeness (QED) is 0.731. The predicted molar refractivity (Wildman–Crippen MR) is 107 cm³/mol. The molecule has 0 bridgehead atoms. The zero-order valence-electron chi connectivity index (χ0n) is 16.7. The first-order chi connectivity index (χ1) is 13.3. The third kappa shape index (κ3) is 5.45. The second-order valence-electron chi connectivity index (χ2n) is 6.93. The van der Waals surface area contributed by atoms with Crippen LogP contribution in [-0.2, 0) is 16.0 Å². The van der Waals surface area contributed by atoms with Crippen LogP contribution in [0.25, 0.3) is 0 Å². The fraction of sp³-hybridized carbons (Fsp3) is 0.381. The Labute approximate surface area is 165 Å². The number of likely N-dealkylation sites (N-methyl/N-ethyl adjacent to an activating group) is 1. The highest BCUT2D eigenvalue weighted by Crippen LogP contribution is 2.15. The van der Waals surface area contributed by atoms with Crippen LogP contribution >= 0.6 is 0 Å². The maximum Gasteiger partial charge on any atom is 0.287 e. The van der Waals surface area contributed by atoms with Crippen LogP contribution in [0, 0.1) is 5.92 Å². The number of nitrogens with one attached hydrogen (secondary N) is 2. The van der Waals surface area contributed by atoms with E-state index in [0.717, 1.165) is 17.7 Å². The van der Waals surface area contributed by atoms with Crippen molar-refractivity contribution in [3.63, 3.8) is 0 Å². The summed E-state index contributed by atoms with van der Waals surface area (Å²) in [6.45, 7) is 5.55. The van der Waals surface area contributed by atoms with Crippen LogP contribution in [-0.4, -0.2) is 42.3 Å².